The minimum atomic E-state index is 0.0264. The number of benzene rings is 1. The molecule has 6 heteroatoms. The predicted octanol–water partition coefficient (Wildman–Crippen LogP) is 2.87. The van der Waals surface area contributed by atoms with E-state index in [1.165, 1.54) is 7.11 Å². The zero-order valence-electron chi connectivity index (χ0n) is 13.0. The zero-order valence-corrected chi connectivity index (χ0v) is 13.0. The number of nitriles is 2. The Labute approximate surface area is 134 Å². The summed E-state index contributed by atoms with van der Waals surface area (Å²) in [6.45, 7) is 2.35. The fraction of sp³-hybridized carbons (Fsp3) is 0.235. The second-order valence-corrected chi connectivity index (χ2v) is 4.70. The molecule has 0 aliphatic carbocycles. The van der Waals surface area contributed by atoms with Crippen LogP contribution >= 0.6 is 0 Å². The van der Waals surface area contributed by atoms with E-state index in [4.69, 9.17) is 15.2 Å². The summed E-state index contributed by atoms with van der Waals surface area (Å²) in [4.78, 5) is 4.06. The molecule has 1 aromatic carbocycles. The van der Waals surface area contributed by atoms with Gasteiger partial charge in [0.05, 0.1) is 13.7 Å². The molecule has 0 amide bonds. The Morgan fingerprint density at radius 1 is 1.17 bits per heavy atom. The summed E-state index contributed by atoms with van der Waals surface area (Å²) >= 11 is 0. The van der Waals surface area contributed by atoms with E-state index in [2.05, 4.69) is 11.1 Å². The molecule has 0 fully saturated rings. The summed E-state index contributed by atoms with van der Waals surface area (Å²) in [6.07, 6.45) is 0.760. The number of rotatable bonds is 5. The number of hydrogen-bond acceptors (Lipinski definition) is 6. The van der Waals surface area contributed by atoms with Gasteiger partial charge in [-0.1, -0.05) is 25.1 Å². The normalized spacial score (nSPS) is 9.74. The molecular weight excluding hydrogens is 292 g/mol. The summed E-state index contributed by atoms with van der Waals surface area (Å²) < 4.78 is 10.9. The number of hydrogen-bond donors (Lipinski definition) is 1. The van der Waals surface area contributed by atoms with Crippen molar-refractivity contribution in [2.24, 2.45) is 0 Å². The van der Waals surface area contributed by atoms with Gasteiger partial charge in [-0.25, -0.2) is 0 Å². The molecule has 1 heterocycles. The average molecular weight is 308 g/mol. The van der Waals surface area contributed by atoms with Crippen molar-refractivity contribution >= 4 is 5.82 Å². The largest absolute Gasteiger partial charge is 0.496 e. The van der Waals surface area contributed by atoms with Crippen molar-refractivity contribution in [3.05, 3.63) is 35.4 Å². The molecule has 0 saturated carbocycles. The third-order valence-corrected chi connectivity index (χ3v) is 3.23. The first-order valence-corrected chi connectivity index (χ1v) is 7.07. The van der Waals surface area contributed by atoms with Crippen LogP contribution in [0.4, 0.5) is 5.82 Å². The lowest BCUT2D eigenvalue weighted by Gasteiger charge is -2.15. The van der Waals surface area contributed by atoms with Crippen molar-refractivity contribution in [2.45, 2.75) is 13.3 Å². The van der Waals surface area contributed by atoms with Gasteiger partial charge in [0.1, 0.15) is 34.8 Å². The molecule has 0 spiro atoms. The monoisotopic (exact) mass is 308 g/mol. The maximum absolute atomic E-state index is 9.57. The summed E-state index contributed by atoms with van der Waals surface area (Å²) in [5.74, 6) is 0.692. The van der Waals surface area contributed by atoms with E-state index in [1.54, 1.807) is 24.3 Å². The first-order valence-electron chi connectivity index (χ1n) is 7.07. The van der Waals surface area contributed by atoms with Crippen LogP contribution < -0.4 is 15.2 Å². The van der Waals surface area contributed by atoms with Crippen molar-refractivity contribution in [2.75, 3.05) is 19.5 Å². The van der Waals surface area contributed by atoms with Crippen LogP contribution in [0, 0.1) is 22.7 Å². The van der Waals surface area contributed by atoms with Gasteiger partial charge in [0.25, 0.3) is 0 Å². The standard InChI is InChI=1S/C17H16N4O2/c1-3-8-23-17-13(10-19)15(12(9-18)16(20)21-17)11-6-4-5-7-14(11)22-2/h4-7H,3,8H2,1-2H3,(H2,20,21). The van der Waals surface area contributed by atoms with Gasteiger partial charge in [-0.15, -0.1) is 0 Å². The number of nitrogens with zero attached hydrogens (tertiary/aromatic N) is 3. The topological polar surface area (TPSA) is 105 Å². The number of pyridine rings is 1. The van der Waals surface area contributed by atoms with Gasteiger partial charge >= 0.3 is 0 Å². The third-order valence-electron chi connectivity index (χ3n) is 3.23. The molecule has 0 aliphatic rings. The minimum Gasteiger partial charge on any atom is -0.496 e. The Bertz CT molecular complexity index is 803. The van der Waals surface area contributed by atoms with Crippen molar-refractivity contribution < 1.29 is 9.47 Å². The maximum atomic E-state index is 9.57. The lowest BCUT2D eigenvalue weighted by molar-refractivity contribution is 0.305. The molecule has 0 radical (unpaired) electrons. The van der Waals surface area contributed by atoms with E-state index >= 15 is 0 Å². The smallest absolute Gasteiger partial charge is 0.234 e. The molecular formula is C17H16N4O2. The van der Waals surface area contributed by atoms with E-state index in [-0.39, 0.29) is 22.8 Å². The Balaban J connectivity index is 2.82. The summed E-state index contributed by atoms with van der Waals surface area (Å²) in [5, 5.41) is 19.0. The van der Waals surface area contributed by atoms with Crippen LogP contribution in [0.3, 0.4) is 0 Å². The number of methoxy groups -OCH3 is 1. The highest BCUT2D eigenvalue weighted by molar-refractivity contribution is 5.85. The Hall–Kier alpha value is -3.25. The second kappa shape index (κ2) is 7.15. The molecule has 6 nitrogen and oxygen atoms in total. The van der Waals surface area contributed by atoms with Gasteiger partial charge in [-0.05, 0) is 12.5 Å². The van der Waals surface area contributed by atoms with E-state index in [1.807, 2.05) is 13.0 Å². The van der Waals surface area contributed by atoms with Gasteiger partial charge in [0, 0.05) is 11.1 Å². The van der Waals surface area contributed by atoms with Gasteiger partial charge in [-0.2, -0.15) is 15.5 Å². The maximum Gasteiger partial charge on any atom is 0.234 e. The molecule has 2 rings (SSSR count). The number of nitrogens with two attached hydrogens (primary N) is 1. The van der Waals surface area contributed by atoms with Crippen molar-refractivity contribution in [3.63, 3.8) is 0 Å². The molecule has 2 N–H and O–H groups in total. The van der Waals surface area contributed by atoms with Crippen LogP contribution in [0.15, 0.2) is 24.3 Å². The van der Waals surface area contributed by atoms with Crippen LogP contribution in [-0.4, -0.2) is 18.7 Å². The lowest BCUT2D eigenvalue weighted by Crippen LogP contribution is -2.07. The summed E-state index contributed by atoms with van der Waals surface area (Å²) in [6, 6.07) is 11.2. The number of ether oxygens (including phenoxy) is 2. The van der Waals surface area contributed by atoms with Gasteiger partial charge in [0.15, 0.2) is 0 Å². The van der Waals surface area contributed by atoms with Crippen LogP contribution in [0.2, 0.25) is 0 Å². The fourth-order valence-electron chi connectivity index (χ4n) is 2.22. The molecule has 116 valence electrons. The second-order valence-electron chi connectivity index (χ2n) is 4.70. The third kappa shape index (κ3) is 3.02. The highest BCUT2D eigenvalue weighted by Gasteiger charge is 2.23. The fourth-order valence-corrected chi connectivity index (χ4v) is 2.22. The summed E-state index contributed by atoms with van der Waals surface area (Å²) in [7, 11) is 1.52. The summed E-state index contributed by atoms with van der Waals surface area (Å²) in [5.41, 5.74) is 7.18. The van der Waals surface area contributed by atoms with Crippen LogP contribution in [-0.2, 0) is 0 Å². The average Bonchev–Trinajstić information content (AvgIpc) is 2.59. The predicted molar refractivity (Wildman–Crippen MR) is 85.9 cm³/mol. The minimum absolute atomic E-state index is 0.0264. The molecule has 0 atom stereocenters. The zero-order chi connectivity index (χ0) is 16.8. The molecule has 0 saturated heterocycles. The molecule has 1 aromatic heterocycles. The van der Waals surface area contributed by atoms with Gasteiger partial charge in [-0.3, -0.25) is 0 Å². The molecule has 0 unspecified atom stereocenters. The molecule has 23 heavy (non-hydrogen) atoms. The quantitative estimate of drug-likeness (QED) is 0.910. The SMILES string of the molecule is CCCOc1nc(N)c(C#N)c(-c2ccccc2OC)c1C#N. The van der Waals surface area contributed by atoms with Crippen molar-refractivity contribution in [3.8, 4) is 34.9 Å². The van der Waals surface area contributed by atoms with E-state index in [0.717, 1.165) is 6.42 Å². The Morgan fingerprint density at radius 3 is 2.48 bits per heavy atom. The van der Waals surface area contributed by atoms with Crippen molar-refractivity contribution in [1.82, 2.24) is 4.98 Å². The van der Waals surface area contributed by atoms with Crippen LogP contribution in [0.25, 0.3) is 11.1 Å². The highest BCUT2D eigenvalue weighted by Crippen LogP contribution is 2.39. The van der Waals surface area contributed by atoms with Gasteiger partial charge in [0.2, 0.25) is 5.88 Å². The van der Waals surface area contributed by atoms with Crippen LogP contribution in [0.1, 0.15) is 24.5 Å². The van der Waals surface area contributed by atoms with Gasteiger partial charge < -0.3 is 15.2 Å². The molecule has 0 aliphatic heterocycles. The van der Waals surface area contributed by atoms with E-state index in [0.29, 0.717) is 23.5 Å². The lowest BCUT2D eigenvalue weighted by atomic mass is 9.95. The Kier molecular flexibility index (Phi) is 5.01. The first kappa shape index (κ1) is 16.1. The van der Waals surface area contributed by atoms with E-state index < -0.39 is 0 Å². The highest BCUT2D eigenvalue weighted by atomic mass is 16.5. The van der Waals surface area contributed by atoms with E-state index in [9.17, 15) is 10.5 Å². The first-order chi connectivity index (χ1) is 11.2. The number of para-hydroxylation sites is 1. The molecule has 0 bridgehead atoms. The van der Waals surface area contributed by atoms with Crippen molar-refractivity contribution in [1.29, 1.82) is 10.5 Å². The molecule has 2 aromatic rings. The number of anilines is 1. The number of nitrogen functional groups attached to an aromatic ring is 1. The van der Waals surface area contributed by atoms with Crippen LogP contribution in [0.5, 0.6) is 11.6 Å². The Morgan fingerprint density at radius 2 is 1.87 bits per heavy atom. The number of aromatic nitrogens is 1.